The van der Waals surface area contributed by atoms with Crippen molar-refractivity contribution in [1.82, 2.24) is 20.1 Å². The van der Waals surface area contributed by atoms with E-state index in [1.165, 1.54) is 4.88 Å². The molecule has 0 aliphatic heterocycles. The normalized spacial score (nSPS) is 10.8. The van der Waals surface area contributed by atoms with Crippen LogP contribution in [0.3, 0.4) is 0 Å². The molecule has 0 spiro atoms. The topological polar surface area (TPSA) is 42.7 Å². The smallest absolute Gasteiger partial charge is 0.0897 e. The minimum absolute atomic E-state index is 0.921. The maximum Gasteiger partial charge on any atom is 0.0897 e. The molecule has 0 aliphatic rings. The lowest BCUT2D eigenvalue weighted by atomic mass is 10.4. The molecule has 2 aromatic heterocycles. The summed E-state index contributed by atoms with van der Waals surface area (Å²) in [6.07, 6.45) is 6.85. The molecule has 0 atom stereocenters. The van der Waals surface area contributed by atoms with Gasteiger partial charge in [-0.15, -0.1) is 11.3 Å². The first-order chi connectivity index (χ1) is 7.84. The summed E-state index contributed by atoms with van der Waals surface area (Å²) >= 11 is 1.75. The van der Waals surface area contributed by atoms with Crippen molar-refractivity contribution < 1.29 is 0 Å². The van der Waals surface area contributed by atoms with Crippen molar-refractivity contribution in [2.45, 2.75) is 26.4 Å². The Labute approximate surface area is 99.3 Å². The largest absolute Gasteiger partial charge is 0.312 e. The summed E-state index contributed by atoms with van der Waals surface area (Å²) in [6.45, 7) is 4.94. The minimum Gasteiger partial charge on any atom is -0.312 e. The van der Waals surface area contributed by atoms with Crippen molar-refractivity contribution in [3.05, 3.63) is 34.5 Å². The van der Waals surface area contributed by atoms with E-state index >= 15 is 0 Å². The molecule has 1 N–H and O–H groups in total. The van der Waals surface area contributed by atoms with Crippen LogP contribution in [-0.4, -0.2) is 21.3 Å². The van der Waals surface area contributed by atoms with E-state index in [-0.39, 0.29) is 0 Å². The summed E-state index contributed by atoms with van der Waals surface area (Å²) < 4.78 is 1.96. The summed E-state index contributed by atoms with van der Waals surface area (Å²) in [7, 11) is 0. The molecular weight excluding hydrogens is 220 g/mol. The molecule has 0 radical (unpaired) electrons. The van der Waals surface area contributed by atoms with Crippen LogP contribution in [0.25, 0.3) is 0 Å². The Morgan fingerprint density at radius 1 is 1.50 bits per heavy atom. The highest BCUT2D eigenvalue weighted by Crippen LogP contribution is 2.10. The lowest BCUT2D eigenvalue weighted by Crippen LogP contribution is -2.16. The second-order valence-corrected chi connectivity index (χ2v) is 4.96. The molecule has 0 fully saturated rings. The van der Waals surface area contributed by atoms with Gasteiger partial charge in [-0.05, 0) is 26.0 Å². The number of nitrogens with zero attached hydrogens (tertiary/aromatic N) is 3. The van der Waals surface area contributed by atoms with E-state index in [0.717, 1.165) is 31.1 Å². The summed E-state index contributed by atoms with van der Waals surface area (Å²) in [5, 5.41) is 8.70. The molecule has 0 saturated carbocycles. The van der Waals surface area contributed by atoms with Crippen molar-refractivity contribution in [3.8, 4) is 0 Å². The maximum absolute atomic E-state index is 4.22. The Hall–Kier alpha value is -1.20. The van der Waals surface area contributed by atoms with E-state index in [9.17, 15) is 0 Å². The average Bonchev–Trinajstić information content (AvgIpc) is 2.89. The molecule has 86 valence electrons. The van der Waals surface area contributed by atoms with Gasteiger partial charge in [-0.25, -0.2) is 4.98 Å². The van der Waals surface area contributed by atoms with Crippen LogP contribution in [0.1, 0.15) is 16.3 Å². The zero-order valence-corrected chi connectivity index (χ0v) is 10.2. The van der Waals surface area contributed by atoms with Gasteiger partial charge < -0.3 is 5.32 Å². The maximum atomic E-state index is 4.22. The minimum atomic E-state index is 0.921. The predicted octanol–water partition coefficient (Wildman–Crippen LogP) is 1.83. The van der Waals surface area contributed by atoms with Gasteiger partial charge in [0.25, 0.3) is 0 Å². The lowest BCUT2D eigenvalue weighted by molar-refractivity contribution is 0.544. The molecule has 2 aromatic rings. The molecule has 4 nitrogen and oxygen atoms in total. The van der Waals surface area contributed by atoms with Crippen LogP contribution < -0.4 is 5.32 Å². The summed E-state index contributed by atoms with van der Waals surface area (Å²) in [5.74, 6) is 0. The molecule has 2 rings (SSSR count). The van der Waals surface area contributed by atoms with E-state index in [0.29, 0.717) is 0 Å². The van der Waals surface area contributed by atoms with Crippen LogP contribution in [0, 0.1) is 6.92 Å². The van der Waals surface area contributed by atoms with Crippen molar-refractivity contribution in [1.29, 1.82) is 0 Å². The molecule has 2 heterocycles. The lowest BCUT2D eigenvalue weighted by Gasteiger charge is -2.03. The third-order valence-corrected chi connectivity index (χ3v) is 3.18. The zero-order valence-electron chi connectivity index (χ0n) is 9.39. The van der Waals surface area contributed by atoms with Crippen molar-refractivity contribution in [2.75, 3.05) is 6.54 Å². The molecule has 0 unspecified atom stereocenters. The van der Waals surface area contributed by atoms with Gasteiger partial charge in [0.1, 0.15) is 0 Å². The standard InChI is InChI=1S/C11H16N4S/c1-10-13-9-11(16-10)8-12-4-2-6-15-7-3-5-14-15/h3,5,7,9,12H,2,4,6,8H2,1H3. The number of aromatic nitrogens is 3. The van der Waals surface area contributed by atoms with Crippen LogP contribution in [0.15, 0.2) is 24.7 Å². The third-order valence-electron chi connectivity index (χ3n) is 2.27. The Morgan fingerprint density at radius 2 is 2.44 bits per heavy atom. The Bertz CT molecular complexity index is 407. The number of hydrogen-bond donors (Lipinski definition) is 1. The summed E-state index contributed by atoms with van der Waals surface area (Å²) in [6, 6.07) is 1.95. The van der Waals surface area contributed by atoms with Crippen LogP contribution in [0.5, 0.6) is 0 Å². The molecule has 16 heavy (non-hydrogen) atoms. The highest BCUT2D eigenvalue weighted by atomic mass is 32.1. The van der Waals surface area contributed by atoms with Crippen LogP contribution >= 0.6 is 11.3 Å². The molecule has 0 aromatic carbocycles. The second-order valence-electron chi connectivity index (χ2n) is 3.65. The molecule has 0 amide bonds. The highest BCUT2D eigenvalue weighted by Gasteiger charge is 1.97. The van der Waals surface area contributed by atoms with Crippen molar-refractivity contribution in [2.24, 2.45) is 0 Å². The number of rotatable bonds is 6. The van der Waals surface area contributed by atoms with Crippen LogP contribution in [0.2, 0.25) is 0 Å². The zero-order chi connectivity index (χ0) is 11.2. The molecule has 0 bridgehead atoms. The number of nitrogens with one attached hydrogen (secondary N) is 1. The van der Waals surface area contributed by atoms with Crippen molar-refractivity contribution in [3.63, 3.8) is 0 Å². The van der Waals surface area contributed by atoms with E-state index in [1.807, 2.05) is 36.3 Å². The van der Waals surface area contributed by atoms with Gasteiger partial charge in [0, 0.05) is 36.6 Å². The van der Waals surface area contributed by atoms with Crippen LogP contribution in [-0.2, 0) is 13.1 Å². The Balaban J connectivity index is 1.59. The fraction of sp³-hybridized carbons (Fsp3) is 0.455. The summed E-state index contributed by atoms with van der Waals surface area (Å²) in [5.41, 5.74) is 0. The second kappa shape index (κ2) is 5.77. The number of aryl methyl sites for hydroxylation is 2. The van der Waals surface area contributed by atoms with Gasteiger partial charge in [0.2, 0.25) is 0 Å². The van der Waals surface area contributed by atoms with Gasteiger partial charge in [0.15, 0.2) is 0 Å². The average molecular weight is 236 g/mol. The highest BCUT2D eigenvalue weighted by molar-refractivity contribution is 7.11. The monoisotopic (exact) mass is 236 g/mol. The van der Waals surface area contributed by atoms with Crippen molar-refractivity contribution >= 4 is 11.3 Å². The first kappa shape index (κ1) is 11.3. The van der Waals surface area contributed by atoms with Crippen LogP contribution in [0.4, 0.5) is 0 Å². The number of hydrogen-bond acceptors (Lipinski definition) is 4. The molecule has 5 heteroatoms. The first-order valence-corrected chi connectivity index (χ1v) is 6.26. The Kier molecular flexibility index (Phi) is 4.07. The van der Waals surface area contributed by atoms with E-state index in [2.05, 4.69) is 15.4 Å². The van der Waals surface area contributed by atoms with E-state index in [1.54, 1.807) is 11.3 Å². The van der Waals surface area contributed by atoms with Gasteiger partial charge in [-0.1, -0.05) is 0 Å². The molecule has 0 saturated heterocycles. The molecule has 0 aliphatic carbocycles. The summed E-state index contributed by atoms with van der Waals surface area (Å²) in [4.78, 5) is 5.52. The fourth-order valence-corrected chi connectivity index (χ4v) is 2.26. The third kappa shape index (κ3) is 3.43. The number of thiazole rings is 1. The van der Waals surface area contributed by atoms with Gasteiger partial charge in [-0.2, -0.15) is 5.10 Å². The van der Waals surface area contributed by atoms with Gasteiger partial charge in [0.05, 0.1) is 5.01 Å². The molecular formula is C11H16N4S. The predicted molar refractivity (Wildman–Crippen MR) is 65.4 cm³/mol. The Morgan fingerprint density at radius 3 is 3.12 bits per heavy atom. The van der Waals surface area contributed by atoms with E-state index < -0.39 is 0 Å². The first-order valence-electron chi connectivity index (χ1n) is 5.44. The van der Waals surface area contributed by atoms with Gasteiger partial charge in [-0.3, -0.25) is 4.68 Å². The van der Waals surface area contributed by atoms with Gasteiger partial charge >= 0.3 is 0 Å². The SMILES string of the molecule is Cc1ncc(CNCCCn2cccn2)s1. The van der Waals surface area contributed by atoms with E-state index in [4.69, 9.17) is 0 Å². The quantitative estimate of drug-likeness (QED) is 0.778. The fourth-order valence-electron chi connectivity index (χ4n) is 1.50.